The molecule has 1 heterocycles. The summed E-state index contributed by atoms with van der Waals surface area (Å²) in [6, 6.07) is 14.5. The number of halogens is 1. The minimum Gasteiger partial charge on any atom is -0.530 e. The summed E-state index contributed by atoms with van der Waals surface area (Å²) in [7, 11) is 0. The highest BCUT2D eigenvalue weighted by Crippen LogP contribution is 2.30. The molecule has 7 heteroatoms. The SMILES string of the molecule is CC(NC(=O)[O-])N1C(=O)CN=C(c2ccccc2)c2cc(Cl)ccc21. The van der Waals surface area contributed by atoms with E-state index in [0.717, 1.165) is 5.56 Å². The largest absolute Gasteiger partial charge is 0.530 e. The Morgan fingerprint density at radius 3 is 2.68 bits per heavy atom. The van der Waals surface area contributed by atoms with Crippen LogP contribution >= 0.6 is 11.6 Å². The second-order valence-corrected chi connectivity index (χ2v) is 6.00. The number of hydrogen-bond donors (Lipinski definition) is 1. The molecule has 1 aliphatic rings. The van der Waals surface area contributed by atoms with E-state index in [1.807, 2.05) is 30.3 Å². The normalized spacial score (nSPS) is 15.0. The molecule has 0 saturated heterocycles. The fraction of sp³-hybridized carbons (Fsp3) is 0.167. The maximum absolute atomic E-state index is 12.6. The van der Waals surface area contributed by atoms with Crippen LogP contribution in [-0.4, -0.2) is 30.4 Å². The summed E-state index contributed by atoms with van der Waals surface area (Å²) in [5.41, 5.74) is 2.68. The number of benzodiazepines with no additional fused rings is 1. The quantitative estimate of drug-likeness (QED) is 0.910. The number of aliphatic imine (C=N–C) groups is 1. The molecule has 6 nitrogen and oxygen atoms in total. The number of benzene rings is 2. The molecule has 2 aromatic rings. The molecule has 0 radical (unpaired) electrons. The number of carboxylic acid groups (broad SMARTS) is 1. The Balaban J connectivity index is 2.15. The summed E-state index contributed by atoms with van der Waals surface area (Å²) in [6.45, 7) is 1.47. The van der Waals surface area contributed by atoms with E-state index in [-0.39, 0.29) is 12.5 Å². The Morgan fingerprint density at radius 2 is 2.00 bits per heavy atom. The van der Waals surface area contributed by atoms with Crippen molar-refractivity contribution in [3.63, 3.8) is 0 Å². The third-order valence-electron chi connectivity index (χ3n) is 3.88. The van der Waals surface area contributed by atoms with Crippen LogP contribution in [0.15, 0.2) is 53.5 Å². The Labute approximate surface area is 149 Å². The van der Waals surface area contributed by atoms with Crippen LogP contribution in [-0.2, 0) is 4.79 Å². The van der Waals surface area contributed by atoms with Crippen molar-refractivity contribution < 1.29 is 14.7 Å². The van der Waals surface area contributed by atoms with Crippen LogP contribution in [0.4, 0.5) is 10.5 Å². The second kappa shape index (κ2) is 6.94. The highest BCUT2D eigenvalue weighted by Gasteiger charge is 2.28. The summed E-state index contributed by atoms with van der Waals surface area (Å²) >= 11 is 6.15. The molecular weight excluding hydrogens is 342 g/mol. The van der Waals surface area contributed by atoms with E-state index >= 15 is 0 Å². The zero-order valence-corrected chi connectivity index (χ0v) is 14.2. The van der Waals surface area contributed by atoms with Gasteiger partial charge in [-0.3, -0.25) is 14.7 Å². The lowest BCUT2D eigenvalue weighted by Crippen LogP contribution is -2.53. The van der Waals surface area contributed by atoms with Crippen molar-refractivity contribution in [2.24, 2.45) is 4.99 Å². The molecule has 2 amide bonds. The molecule has 1 aliphatic heterocycles. The molecule has 2 aromatic carbocycles. The van der Waals surface area contributed by atoms with Crippen molar-refractivity contribution in [3.05, 3.63) is 64.7 Å². The first kappa shape index (κ1) is 17.0. The van der Waals surface area contributed by atoms with Crippen LogP contribution in [0.3, 0.4) is 0 Å². The van der Waals surface area contributed by atoms with Gasteiger partial charge in [0.25, 0.3) is 0 Å². The maximum Gasteiger partial charge on any atom is 0.250 e. The van der Waals surface area contributed by atoms with Gasteiger partial charge in [-0.2, -0.15) is 0 Å². The van der Waals surface area contributed by atoms with E-state index in [2.05, 4.69) is 10.3 Å². The number of nitrogens with zero attached hydrogens (tertiary/aromatic N) is 2. The fourth-order valence-electron chi connectivity index (χ4n) is 2.85. The van der Waals surface area contributed by atoms with Crippen LogP contribution < -0.4 is 15.3 Å². The minimum absolute atomic E-state index is 0.102. The molecule has 3 rings (SSSR count). The highest BCUT2D eigenvalue weighted by atomic mass is 35.5. The number of amides is 2. The molecule has 128 valence electrons. The third-order valence-corrected chi connectivity index (χ3v) is 4.11. The van der Waals surface area contributed by atoms with Crippen molar-refractivity contribution in [2.75, 3.05) is 11.4 Å². The molecule has 25 heavy (non-hydrogen) atoms. The Morgan fingerprint density at radius 1 is 1.28 bits per heavy atom. The van der Waals surface area contributed by atoms with E-state index in [4.69, 9.17) is 11.6 Å². The second-order valence-electron chi connectivity index (χ2n) is 5.56. The van der Waals surface area contributed by atoms with Crippen LogP contribution in [0.2, 0.25) is 5.02 Å². The first-order chi connectivity index (χ1) is 12.0. The topological polar surface area (TPSA) is 84.8 Å². The Kier molecular flexibility index (Phi) is 4.72. The van der Waals surface area contributed by atoms with Gasteiger partial charge in [0.1, 0.15) is 18.8 Å². The van der Waals surface area contributed by atoms with Gasteiger partial charge in [0.2, 0.25) is 5.91 Å². The molecule has 1 N–H and O–H groups in total. The zero-order chi connectivity index (χ0) is 18.0. The van der Waals surface area contributed by atoms with E-state index in [1.54, 1.807) is 25.1 Å². The lowest BCUT2D eigenvalue weighted by atomic mass is 10.00. The predicted octanol–water partition coefficient (Wildman–Crippen LogP) is 1.80. The van der Waals surface area contributed by atoms with Crippen molar-refractivity contribution in [2.45, 2.75) is 13.1 Å². The summed E-state index contributed by atoms with van der Waals surface area (Å²) in [5.74, 6) is -0.323. The highest BCUT2D eigenvalue weighted by molar-refractivity contribution is 6.32. The van der Waals surface area contributed by atoms with Gasteiger partial charge < -0.3 is 15.2 Å². The van der Waals surface area contributed by atoms with E-state index < -0.39 is 12.3 Å². The number of rotatable bonds is 3. The number of carbonyl (C=O) groups excluding carboxylic acids is 2. The van der Waals surface area contributed by atoms with Gasteiger partial charge in [0, 0.05) is 16.1 Å². The molecule has 1 unspecified atom stereocenters. The lowest BCUT2D eigenvalue weighted by molar-refractivity contribution is -0.251. The van der Waals surface area contributed by atoms with E-state index in [0.29, 0.717) is 22.0 Å². The lowest BCUT2D eigenvalue weighted by Gasteiger charge is -2.30. The number of carbonyl (C=O) groups is 2. The third kappa shape index (κ3) is 3.49. The van der Waals surface area contributed by atoms with Crippen molar-refractivity contribution in [1.29, 1.82) is 0 Å². The van der Waals surface area contributed by atoms with E-state index in [9.17, 15) is 14.7 Å². The molecule has 0 aromatic heterocycles. The van der Waals surface area contributed by atoms with Gasteiger partial charge in [0.05, 0.1) is 11.4 Å². The smallest absolute Gasteiger partial charge is 0.250 e. The monoisotopic (exact) mass is 356 g/mol. The Hall–Kier alpha value is -2.86. The molecule has 0 saturated carbocycles. The number of nitrogens with one attached hydrogen (secondary N) is 1. The van der Waals surface area contributed by atoms with Crippen molar-refractivity contribution in [1.82, 2.24) is 5.32 Å². The molecule has 0 fully saturated rings. The van der Waals surface area contributed by atoms with Crippen LogP contribution in [0.25, 0.3) is 0 Å². The van der Waals surface area contributed by atoms with Gasteiger partial charge in [-0.15, -0.1) is 0 Å². The maximum atomic E-state index is 12.6. The van der Waals surface area contributed by atoms with Crippen molar-refractivity contribution >= 4 is 35.0 Å². The molecular formula is C18H15ClN3O3-. The summed E-state index contributed by atoms with van der Waals surface area (Å²) in [5, 5.41) is 13.6. The minimum atomic E-state index is -1.45. The number of hydrogen-bond acceptors (Lipinski definition) is 4. The summed E-state index contributed by atoms with van der Waals surface area (Å²) in [6.07, 6.45) is -2.26. The van der Waals surface area contributed by atoms with Crippen LogP contribution in [0, 0.1) is 0 Å². The Bertz CT molecular complexity index is 852. The van der Waals surface area contributed by atoms with Gasteiger partial charge in [0.15, 0.2) is 0 Å². The van der Waals surface area contributed by atoms with Gasteiger partial charge in [-0.05, 0) is 25.1 Å². The standard InChI is InChI=1S/C18H16ClN3O3/c1-11(21-18(24)25)22-15-8-7-13(19)9-14(15)17(20-10-16(22)23)12-5-3-2-4-6-12/h2-9,11,21H,10H2,1H3,(H,24,25)/p-1. The first-order valence-corrected chi connectivity index (χ1v) is 8.04. The van der Waals surface area contributed by atoms with E-state index in [1.165, 1.54) is 4.90 Å². The van der Waals surface area contributed by atoms with Gasteiger partial charge in [-0.1, -0.05) is 41.9 Å². The number of anilines is 1. The summed E-state index contributed by atoms with van der Waals surface area (Å²) in [4.78, 5) is 29.3. The van der Waals surface area contributed by atoms with Crippen LogP contribution in [0.5, 0.6) is 0 Å². The summed E-state index contributed by atoms with van der Waals surface area (Å²) < 4.78 is 0. The molecule has 1 atom stereocenters. The molecule has 0 bridgehead atoms. The van der Waals surface area contributed by atoms with Gasteiger partial charge in [-0.25, -0.2) is 0 Å². The number of fused-ring (bicyclic) bond motifs is 1. The average molecular weight is 357 g/mol. The predicted molar refractivity (Wildman–Crippen MR) is 93.9 cm³/mol. The van der Waals surface area contributed by atoms with Crippen molar-refractivity contribution in [3.8, 4) is 0 Å². The zero-order valence-electron chi connectivity index (χ0n) is 13.4. The fourth-order valence-corrected chi connectivity index (χ4v) is 3.03. The molecule has 0 spiro atoms. The first-order valence-electron chi connectivity index (χ1n) is 7.66. The average Bonchev–Trinajstić information content (AvgIpc) is 2.71. The molecule has 0 aliphatic carbocycles. The van der Waals surface area contributed by atoms with Crippen LogP contribution in [0.1, 0.15) is 18.1 Å². The van der Waals surface area contributed by atoms with Gasteiger partial charge >= 0.3 is 0 Å².